The van der Waals surface area contributed by atoms with E-state index in [1.807, 2.05) is 17.7 Å². The van der Waals surface area contributed by atoms with Crippen molar-refractivity contribution in [1.29, 1.82) is 0 Å². The van der Waals surface area contributed by atoms with Crippen LogP contribution >= 0.6 is 15.9 Å². The summed E-state index contributed by atoms with van der Waals surface area (Å²) in [7, 11) is -1.10. The average Bonchev–Trinajstić information content (AvgIpc) is 2.67. The molecule has 1 aromatic heterocycles. The summed E-state index contributed by atoms with van der Waals surface area (Å²) in [6.07, 6.45) is 0. The van der Waals surface area contributed by atoms with E-state index < -0.39 is 8.07 Å². The van der Waals surface area contributed by atoms with Crippen molar-refractivity contribution in [1.82, 2.24) is 9.78 Å². The lowest BCUT2D eigenvalue weighted by Crippen LogP contribution is -2.44. The van der Waals surface area contributed by atoms with Crippen LogP contribution < -0.4 is 4.90 Å². The SMILES string of the molecule is CC1Cn2nc(Br)cc2N(COCC[Si](C)(C)C)C1=O. The molecule has 2 rings (SSSR count). The Morgan fingerprint density at radius 3 is 2.85 bits per heavy atom. The second kappa shape index (κ2) is 5.99. The summed E-state index contributed by atoms with van der Waals surface area (Å²) in [6.45, 7) is 10.5. The van der Waals surface area contributed by atoms with Crippen molar-refractivity contribution < 1.29 is 9.53 Å². The summed E-state index contributed by atoms with van der Waals surface area (Å²) in [4.78, 5) is 14.0. The third kappa shape index (κ3) is 3.71. The molecule has 20 heavy (non-hydrogen) atoms. The standard InChI is InChI=1S/C13H22BrN3O2Si/c1-10-8-17-12(7-11(14)15-17)16(13(10)18)9-19-5-6-20(2,3)4/h7,10H,5-6,8-9H2,1-4H3. The van der Waals surface area contributed by atoms with E-state index in [9.17, 15) is 4.79 Å². The summed E-state index contributed by atoms with van der Waals surface area (Å²) in [5.41, 5.74) is 0. The highest BCUT2D eigenvalue weighted by Gasteiger charge is 2.31. The Morgan fingerprint density at radius 2 is 2.20 bits per heavy atom. The molecule has 1 unspecified atom stereocenters. The number of aromatic nitrogens is 2. The van der Waals surface area contributed by atoms with Gasteiger partial charge in [0.15, 0.2) is 0 Å². The van der Waals surface area contributed by atoms with Crippen LogP contribution in [-0.2, 0) is 16.1 Å². The second-order valence-electron chi connectivity index (χ2n) is 6.52. The van der Waals surface area contributed by atoms with Crippen LogP contribution in [0.25, 0.3) is 0 Å². The lowest BCUT2D eigenvalue weighted by molar-refractivity contribution is -0.124. The van der Waals surface area contributed by atoms with Crippen LogP contribution in [0.3, 0.4) is 0 Å². The van der Waals surface area contributed by atoms with Gasteiger partial charge in [-0.25, -0.2) is 4.68 Å². The van der Waals surface area contributed by atoms with E-state index in [4.69, 9.17) is 4.74 Å². The van der Waals surface area contributed by atoms with Gasteiger partial charge < -0.3 is 4.74 Å². The zero-order chi connectivity index (χ0) is 14.9. The van der Waals surface area contributed by atoms with Gasteiger partial charge in [0, 0.05) is 20.7 Å². The minimum absolute atomic E-state index is 0.0603. The summed E-state index contributed by atoms with van der Waals surface area (Å²) in [5, 5.41) is 4.34. The molecular formula is C13H22BrN3O2Si. The summed E-state index contributed by atoms with van der Waals surface area (Å²) in [6, 6.07) is 2.97. The number of nitrogens with zero attached hydrogens (tertiary/aromatic N) is 3. The molecule has 1 aromatic rings. The molecule has 0 fully saturated rings. The van der Waals surface area contributed by atoms with Gasteiger partial charge in [-0.3, -0.25) is 9.69 Å². The highest BCUT2D eigenvalue weighted by Crippen LogP contribution is 2.27. The third-order valence-corrected chi connectivity index (χ3v) is 5.45. The van der Waals surface area contributed by atoms with Crippen LogP contribution in [-0.4, -0.2) is 37.1 Å². The first-order chi connectivity index (χ1) is 9.28. The minimum Gasteiger partial charge on any atom is -0.361 e. The topological polar surface area (TPSA) is 47.4 Å². The molecule has 1 amide bonds. The first-order valence-electron chi connectivity index (χ1n) is 6.90. The van der Waals surface area contributed by atoms with E-state index in [1.165, 1.54) is 0 Å². The van der Waals surface area contributed by atoms with Gasteiger partial charge in [-0.05, 0) is 22.0 Å². The van der Waals surface area contributed by atoms with Crippen molar-refractivity contribution in [3.63, 3.8) is 0 Å². The number of hydrogen-bond acceptors (Lipinski definition) is 3. The van der Waals surface area contributed by atoms with Gasteiger partial charge in [-0.1, -0.05) is 26.6 Å². The van der Waals surface area contributed by atoms with E-state index >= 15 is 0 Å². The number of ether oxygens (including phenoxy) is 1. The molecule has 0 N–H and O–H groups in total. The Labute approximate surface area is 129 Å². The highest BCUT2D eigenvalue weighted by atomic mass is 79.9. The number of rotatable bonds is 5. The van der Waals surface area contributed by atoms with Gasteiger partial charge in [0.25, 0.3) is 0 Å². The second-order valence-corrected chi connectivity index (χ2v) is 13.0. The molecule has 0 bridgehead atoms. The monoisotopic (exact) mass is 359 g/mol. The maximum Gasteiger partial charge on any atom is 0.234 e. The van der Waals surface area contributed by atoms with Gasteiger partial charge in [-0.15, -0.1) is 0 Å². The predicted octanol–water partition coefficient (Wildman–Crippen LogP) is 2.94. The zero-order valence-electron chi connectivity index (χ0n) is 12.5. The molecule has 0 aliphatic carbocycles. The Morgan fingerprint density at radius 1 is 1.50 bits per heavy atom. The van der Waals surface area contributed by atoms with Crippen molar-refractivity contribution >= 4 is 35.7 Å². The van der Waals surface area contributed by atoms with Crippen molar-refractivity contribution in [2.75, 3.05) is 18.2 Å². The van der Waals surface area contributed by atoms with E-state index in [0.717, 1.165) is 16.5 Å². The number of carbonyl (C=O) groups excluding carboxylic acids is 1. The summed E-state index contributed by atoms with van der Waals surface area (Å²) < 4.78 is 8.33. The highest BCUT2D eigenvalue weighted by molar-refractivity contribution is 9.10. The quantitative estimate of drug-likeness (QED) is 0.599. The maximum absolute atomic E-state index is 12.3. The van der Waals surface area contributed by atoms with E-state index in [-0.39, 0.29) is 11.8 Å². The number of hydrogen-bond donors (Lipinski definition) is 0. The predicted molar refractivity (Wildman–Crippen MR) is 85.5 cm³/mol. The van der Waals surface area contributed by atoms with Crippen LogP contribution in [0.4, 0.5) is 5.82 Å². The van der Waals surface area contributed by atoms with Crippen molar-refractivity contribution in [3.05, 3.63) is 10.7 Å². The first-order valence-corrected chi connectivity index (χ1v) is 11.4. The fourth-order valence-corrected chi connectivity index (χ4v) is 3.26. The zero-order valence-corrected chi connectivity index (χ0v) is 15.1. The van der Waals surface area contributed by atoms with Gasteiger partial charge >= 0.3 is 0 Å². The van der Waals surface area contributed by atoms with Crippen LogP contribution in [0.5, 0.6) is 0 Å². The Hall–Kier alpha value is -0.663. The molecule has 0 aromatic carbocycles. The summed E-state index contributed by atoms with van der Waals surface area (Å²) in [5.74, 6) is 0.862. The minimum atomic E-state index is -1.10. The van der Waals surface area contributed by atoms with Gasteiger partial charge in [-0.2, -0.15) is 5.10 Å². The molecule has 0 spiro atoms. The Kier molecular flexibility index (Phi) is 4.71. The molecule has 0 radical (unpaired) electrons. The number of anilines is 1. The molecular weight excluding hydrogens is 338 g/mol. The van der Waals surface area contributed by atoms with E-state index in [2.05, 4.69) is 40.7 Å². The molecule has 2 heterocycles. The van der Waals surface area contributed by atoms with Gasteiger partial charge in [0.1, 0.15) is 17.2 Å². The first kappa shape index (κ1) is 15.7. The fraction of sp³-hybridized carbons (Fsp3) is 0.692. The number of fused-ring (bicyclic) bond motifs is 1. The normalized spacial score (nSPS) is 19.4. The molecule has 7 heteroatoms. The fourth-order valence-electron chi connectivity index (χ4n) is 2.11. The largest absolute Gasteiger partial charge is 0.361 e. The number of amides is 1. The van der Waals surface area contributed by atoms with Crippen molar-refractivity contribution in [2.24, 2.45) is 5.92 Å². The Balaban J connectivity index is 2.01. The lowest BCUT2D eigenvalue weighted by atomic mass is 10.1. The molecule has 1 aliphatic rings. The summed E-state index contributed by atoms with van der Waals surface area (Å²) >= 11 is 3.36. The smallest absolute Gasteiger partial charge is 0.234 e. The van der Waals surface area contributed by atoms with Gasteiger partial charge in [0.2, 0.25) is 5.91 Å². The van der Waals surface area contributed by atoms with E-state index in [1.54, 1.807) is 4.90 Å². The molecule has 1 aliphatic heterocycles. The Bertz CT molecular complexity index is 498. The number of halogens is 1. The molecule has 0 saturated carbocycles. The number of carbonyl (C=O) groups is 1. The van der Waals surface area contributed by atoms with Crippen LogP contribution in [0.15, 0.2) is 10.7 Å². The lowest BCUT2D eigenvalue weighted by Gasteiger charge is -2.31. The molecule has 1 atom stereocenters. The van der Waals surface area contributed by atoms with Crippen LogP contribution in [0.1, 0.15) is 6.92 Å². The van der Waals surface area contributed by atoms with Crippen LogP contribution in [0.2, 0.25) is 25.7 Å². The van der Waals surface area contributed by atoms with Crippen molar-refractivity contribution in [2.45, 2.75) is 39.2 Å². The third-order valence-electron chi connectivity index (χ3n) is 3.36. The van der Waals surface area contributed by atoms with E-state index in [0.29, 0.717) is 19.9 Å². The molecule has 5 nitrogen and oxygen atoms in total. The molecule has 0 saturated heterocycles. The van der Waals surface area contributed by atoms with Crippen LogP contribution in [0, 0.1) is 5.92 Å². The molecule has 112 valence electrons. The maximum atomic E-state index is 12.3. The van der Waals surface area contributed by atoms with Gasteiger partial charge in [0.05, 0.1) is 12.5 Å². The average molecular weight is 360 g/mol. The van der Waals surface area contributed by atoms with Crippen molar-refractivity contribution in [3.8, 4) is 0 Å².